The Morgan fingerprint density at radius 1 is 1.17 bits per heavy atom. The van der Waals surface area contributed by atoms with Crippen LogP contribution in [0.1, 0.15) is 6.42 Å². The quantitative estimate of drug-likeness (QED) is 0.625. The van der Waals surface area contributed by atoms with Crippen LogP contribution in [0.15, 0.2) is 35.7 Å². The summed E-state index contributed by atoms with van der Waals surface area (Å²) in [6.45, 7) is 1.33. The number of benzene rings is 1. The third-order valence-electron chi connectivity index (χ3n) is 3.07. The molecular formula is C16H20N4O2S. The molecule has 23 heavy (non-hydrogen) atoms. The first-order valence-electron chi connectivity index (χ1n) is 7.31. The average molecular weight is 332 g/mol. The highest BCUT2D eigenvalue weighted by atomic mass is 32.1. The first-order valence-corrected chi connectivity index (χ1v) is 8.19. The summed E-state index contributed by atoms with van der Waals surface area (Å²) in [5.74, 6) is -1.33. The Bertz CT molecular complexity index is 655. The second-order valence-electron chi connectivity index (χ2n) is 5.27. The summed E-state index contributed by atoms with van der Waals surface area (Å²) in [6.07, 6.45) is 0.793. The van der Waals surface area contributed by atoms with E-state index >= 15 is 0 Å². The first kappa shape index (κ1) is 17.1. The molecule has 0 unspecified atom stereocenters. The second-order valence-corrected chi connectivity index (χ2v) is 6.13. The molecule has 0 radical (unpaired) electrons. The van der Waals surface area contributed by atoms with Crippen molar-refractivity contribution in [1.82, 2.24) is 15.2 Å². The molecule has 0 aliphatic heterocycles. The molecule has 0 saturated heterocycles. The van der Waals surface area contributed by atoms with Crippen LogP contribution in [0.5, 0.6) is 0 Å². The van der Waals surface area contributed by atoms with E-state index in [4.69, 9.17) is 0 Å². The number of carbonyl (C=O) groups is 2. The molecule has 2 rings (SSSR count). The average Bonchev–Trinajstić information content (AvgIpc) is 3.00. The molecule has 0 spiro atoms. The summed E-state index contributed by atoms with van der Waals surface area (Å²) in [5.41, 5.74) is 1.75. The van der Waals surface area contributed by atoms with Crippen LogP contribution >= 0.6 is 11.3 Å². The summed E-state index contributed by atoms with van der Waals surface area (Å²) in [6, 6.07) is 9.66. The van der Waals surface area contributed by atoms with Gasteiger partial charge in [-0.25, -0.2) is 4.98 Å². The molecule has 0 aliphatic rings. The molecule has 0 fully saturated rings. The lowest BCUT2D eigenvalue weighted by molar-refractivity contribution is -0.136. The fourth-order valence-electron chi connectivity index (χ4n) is 1.90. The minimum absolute atomic E-state index is 0.414. The number of amides is 2. The van der Waals surface area contributed by atoms with Gasteiger partial charge < -0.3 is 10.2 Å². The van der Waals surface area contributed by atoms with Gasteiger partial charge in [0.25, 0.3) is 0 Å². The van der Waals surface area contributed by atoms with Crippen LogP contribution < -0.4 is 10.6 Å². The lowest BCUT2D eigenvalue weighted by atomic mass is 10.2. The van der Waals surface area contributed by atoms with Crippen molar-refractivity contribution in [3.63, 3.8) is 0 Å². The van der Waals surface area contributed by atoms with Gasteiger partial charge in [-0.05, 0) is 27.1 Å². The summed E-state index contributed by atoms with van der Waals surface area (Å²) in [4.78, 5) is 29.9. The number of anilines is 1. The van der Waals surface area contributed by atoms with Gasteiger partial charge in [0.2, 0.25) is 0 Å². The molecule has 1 aromatic heterocycles. The van der Waals surface area contributed by atoms with Crippen molar-refractivity contribution in [1.29, 1.82) is 0 Å². The molecule has 6 nitrogen and oxygen atoms in total. The fraction of sp³-hybridized carbons (Fsp3) is 0.312. The van der Waals surface area contributed by atoms with Crippen LogP contribution in [0.4, 0.5) is 5.13 Å². The predicted molar refractivity (Wildman–Crippen MR) is 92.4 cm³/mol. The van der Waals surface area contributed by atoms with Crippen molar-refractivity contribution in [2.24, 2.45) is 0 Å². The maximum atomic E-state index is 11.8. The topological polar surface area (TPSA) is 74.3 Å². The molecule has 122 valence electrons. The Morgan fingerprint density at radius 3 is 2.61 bits per heavy atom. The van der Waals surface area contributed by atoms with Crippen molar-refractivity contribution in [3.8, 4) is 11.3 Å². The van der Waals surface area contributed by atoms with Crippen LogP contribution in [0.25, 0.3) is 11.3 Å². The maximum absolute atomic E-state index is 11.8. The highest BCUT2D eigenvalue weighted by molar-refractivity contribution is 7.14. The van der Waals surface area contributed by atoms with E-state index in [1.54, 1.807) is 0 Å². The molecule has 0 atom stereocenters. The SMILES string of the molecule is CN(C)CCCNC(=O)C(=O)Nc1nc(-c2ccccc2)cs1. The summed E-state index contributed by atoms with van der Waals surface area (Å²) >= 11 is 1.29. The number of nitrogens with one attached hydrogen (secondary N) is 2. The van der Waals surface area contributed by atoms with Gasteiger partial charge in [0.15, 0.2) is 5.13 Å². The fourth-order valence-corrected chi connectivity index (χ4v) is 2.62. The van der Waals surface area contributed by atoms with Gasteiger partial charge >= 0.3 is 11.8 Å². The normalized spacial score (nSPS) is 10.6. The molecule has 7 heteroatoms. The Hall–Kier alpha value is -2.25. The molecular weight excluding hydrogens is 312 g/mol. The molecule has 0 bridgehead atoms. The molecule has 2 aromatic rings. The number of nitrogens with zero attached hydrogens (tertiary/aromatic N) is 2. The van der Waals surface area contributed by atoms with E-state index in [-0.39, 0.29) is 0 Å². The van der Waals surface area contributed by atoms with E-state index in [1.165, 1.54) is 11.3 Å². The largest absolute Gasteiger partial charge is 0.348 e. The monoisotopic (exact) mass is 332 g/mol. The number of hydrogen-bond acceptors (Lipinski definition) is 5. The van der Waals surface area contributed by atoms with Gasteiger partial charge in [-0.3, -0.25) is 14.9 Å². The molecule has 1 heterocycles. The number of thiazole rings is 1. The minimum Gasteiger partial charge on any atom is -0.348 e. The van der Waals surface area contributed by atoms with Crippen LogP contribution in [0.3, 0.4) is 0 Å². The number of hydrogen-bond donors (Lipinski definition) is 2. The molecule has 2 amide bonds. The van der Waals surface area contributed by atoms with E-state index in [1.807, 2.05) is 54.7 Å². The van der Waals surface area contributed by atoms with Crippen LogP contribution in [-0.4, -0.2) is 48.9 Å². The van der Waals surface area contributed by atoms with Gasteiger partial charge in [-0.2, -0.15) is 0 Å². The van der Waals surface area contributed by atoms with Crippen molar-refractivity contribution < 1.29 is 9.59 Å². The second kappa shape index (κ2) is 8.40. The summed E-state index contributed by atoms with van der Waals surface area (Å²) in [5, 5.41) is 7.38. The van der Waals surface area contributed by atoms with Gasteiger partial charge in [0.05, 0.1) is 5.69 Å². The minimum atomic E-state index is -0.691. The first-order chi connectivity index (χ1) is 11.1. The zero-order chi connectivity index (χ0) is 16.7. The Labute approximate surface area is 139 Å². The van der Waals surface area contributed by atoms with E-state index in [2.05, 4.69) is 15.6 Å². The highest BCUT2D eigenvalue weighted by Gasteiger charge is 2.15. The number of carbonyl (C=O) groups excluding carboxylic acids is 2. The predicted octanol–water partition coefficient (Wildman–Crippen LogP) is 1.82. The molecule has 1 aromatic carbocycles. The lowest BCUT2D eigenvalue weighted by Gasteiger charge is -2.09. The van der Waals surface area contributed by atoms with Crippen molar-refractivity contribution in [2.75, 3.05) is 32.5 Å². The Kier molecular flexibility index (Phi) is 6.25. The van der Waals surface area contributed by atoms with E-state index < -0.39 is 11.8 Å². The molecule has 2 N–H and O–H groups in total. The smallest absolute Gasteiger partial charge is 0.315 e. The molecule has 0 aliphatic carbocycles. The van der Waals surface area contributed by atoms with Crippen molar-refractivity contribution in [2.45, 2.75) is 6.42 Å². The van der Waals surface area contributed by atoms with Crippen LogP contribution in [0.2, 0.25) is 0 Å². The zero-order valence-electron chi connectivity index (χ0n) is 13.2. The van der Waals surface area contributed by atoms with Crippen LogP contribution in [-0.2, 0) is 9.59 Å². The Balaban J connectivity index is 1.83. The van der Waals surface area contributed by atoms with Gasteiger partial charge in [0, 0.05) is 17.5 Å². The standard InChI is InChI=1S/C16H20N4O2S/c1-20(2)10-6-9-17-14(21)15(22)19-16-18-13(11-23-16)12-7-4-3-5-8-12/h3-5,7-8,11H,6,9-10H2,1-2H3,(H,17,21)(H,18,19,22). The summed E-state index contributed by atoms with van der Waals surface area (Å²) < 4.78 is 0. The number of rotatable bonds is 6. The third-order valence-corrected chi connectivity index (χ3v) is 3.83. The number of aromatic nitrogens is 1. The van der Waals surface area contributed by atoms with Crippen LogP contribution in [0, 0.1) is 0 Å². The summed E-state index contributed by atoms with van der Waals surface area (Å²) in [7, 11) is 3.92. The van der Waals surface area contributed by atoms with Gasteiger partial charge in [-0.1, -0.05) is 30.3 Å². The van der Waals surface area contributed by atoms with Gasteiger partial charge in [-0.15, -0.1) is 11.3 Å². The van der Waals surface area contributed by atoms with E-state index in [0.29, 0.717) is 11.7 Å². The van der Waals surface area contributed by atoms with E-state index in [9.17, 15) is 9.59 Å². The lowest BCUT2D eigenvalue weighted by Crippen LogP contribution is -2.36. The molecule has 0 saturated carbocycles. The maximum Gasteiger partial charge on any atom is 0.315 e. The van der Waals surface area contributed by atoms with Crippen molar-refractivity contribution >= 4 is 28.3 Å². The Morgan fingerprint density at radius 2 is 1.91 bits per heavy atom. The van der Waals surface area contributed by atoms with E-state index in [0.717, 1.165) is 24.2 Å². The zero-order valence-corrected chi connectivity index (χ0v) is 14.0. The van der Waals surface area contributed by atoms with Gasteiger partial charge in [0.1, 0.15) is 0 Å². The highest BCUT2D eigenvalue weighted by Crippen LogP contribution is 2.24. The third kappa shape index (κ3) is 5.46. The van der Waals surface area contributed by atoms with Crippen molar-refractivity contribution in [3.05, 3.63) is 35.7 Å².